The average molecular weight is 246 g/mol. The minimum atomic E-state index is 0.102. The molecule has 0 aromatic heterocycles. The van der Waals surface area contributed by atoms with Crippen LogP contribution in [0, 0.1) is 0 Å². The average Bonchev–Trinajstić information content (AvgIpc) is 3.16. The topological polar surface area (TPSA) is 55.6 Å². The lowest BCUT2D eigenvalue weighted by molar-refractivity contribution is 0.0303. The highest BCUT2D eigenvalue weighted by atomic mass is 16.5. The van der Waals surface area contributed by atoms with Gasteiger partial charge in [-0.05, 0) is 24.1 Å². The number of hydrogen-bond donors (Lipinski definition) is 1. The lowest BCUT2D eigenvalue weighted by Gasteiger charge is -2.26. The van der Waals surface area contributed by atoms with Crippen LogP contribution in [0.25, 0.3) is 0 Å². The first-order chi connectivity index (χ1) is 8.75. The number of benzene rings is 1. The summed E-state index contributed by atoms with van der Waals surface area (Å²) in [6.07, 6.45) is 1.07. The van der Waals surface area contributed by atoms with Crippen LogP contribution in [0.5, 0.6) is 0 Å². The van der Waals surface area contributed by atoms with Gasteiger partial charge in [0.05, 0.1) is 13.2 Å². The van der Waals surface area contributed by atoms with Gasteiger partial charge in [-0.1, -0.05) is 12.1 Å². The number of hydrogen-bond acceptors (Lipinski definition) is 3. The fourth-order valence-corrected chi connectivity index (χ4v) is 2.42. The third-order valence-corrected chi connectivity index (χ3v) is 3.72. The van der Waals surface area contributed by atoms with Crippen LogP contribution in [0.1, 0.15) is 28.3 Å². The van der Waals surface area contributed by atoms with E-state index in [4.69, 9.17) is 10.5 Å². The molecule has 96 valence electrons. The van der Waals surface area contributed by atoms with Gasteiger partial charge in [-0.25, -0.2) is 0 Å². The number of amides is 1. The Morgan fingerprint density at radius 1 is 1.22 bits per heavy atom. The number of rotatable bonds is 2. The molecule has 1 amide bonds. The summed E-state index contributed by atoms with van der Waals surface area (Å²) >= 11 is 0. The smallest absolute Gasteiger partial charge is 0.254 e. The first-order valence-corrected chi connectivity index (χ1v) is 6.48. The summed E-state index contributed by atoms with van der Waals surface area (Å²) in [5, 5.41) is 0. The summed E-state index contributed by atoms with van der Waals surface area (Å²) in [4.78, 5) is 14.1. The van der Waals surface area contributed by atoms with E-state index in [9.17, 15) is 4.79 Å². The van der Waals surface area contributed by atoms with Gasteiger partial charge in [0.1, 0.15) is 0 Å². The molecule has 2 atom stereocenters. The molecule has 1 heterocycles. The Labute approximate surface area is 107 Å². The zero-order chi connectivity index (χ0) is 12.5. The highest BCUT2D eigenvalue weighted by Crippen LogP contribution is 2.38. The molecule has 1 aliphatic heterocycles. The lowest BCUT2D eigenvalue weighted by Crippen LogP contribution is -2.40. The van der Waals surface area contributed by atoms with Gasteiger partial charge in [0.25, 0.3) is 5.91 Å². The highest BCUT2D eigenvalue weighted by molar-refractivity contribution is 5.94. The summed E-state index contributed by atoms with van der Waals surface area (Å²) in [5.74, 6) is 0.600. The molecule has 2 aliphatic rings. The molecule has 0 bridgehead atoms. The molecule has 1 saturated carbocycles. The Kier molecular flexibility index (Phi) is 3.06. The van der Waals surface area contributed by atoms with Crippen molar-refractivity contribution in [2.24, 2.45) is 5.73 Å². The Bertz CT molecular complexity index is 438. The molecule has 1 saturated heterocycles. The second kappa shape index (κ2) is 4.71. The van der Waals surface area contributed by atoms with Gasteiger partial charge in [-0.15, -0.1) is 0 Å². The van der Waals surface area contributed by atoms with Gasteiger partial charge < -0.3 is 15.4 Å². The van der Waals surface area contributed by atoms with Crippen molar-refractivity contribution in [3.63, 3.8) is 0 Å². The van der Waals surface area contributed by atoms with Crippen molar-refractivity contribution >= 4 is 5.91 Å². The van der Waals surface area contributed by atoms with Gasteiger partial charge in [0.15, 0.2) is 0 Å². The molecular weight excluding hydrogens is 228 g/mol. The number of carbonyl (C=O) groups is 1. The molecule has 4 heteroatoms. The molecule has 2 unspecified atom stereocenters. The van der Waals surface area contributed by atoms with Crippen LogP contribution in [0.15, 0.2) is 24.3 Å². The molecule has 2 N–H and O–H groups in total. The molecule has 1 aromatic rings. The van der Waals surface area contributed by atoms with Crippen molar-refractivity contribution in [2.75, 3.05) is 26.3 Å². The largest absolute Gasteiger partial charge is 0.378 e. The second-order valence-electron chi connectivity index (χ2n) is 5.03. The minimum Gasteiger partial charge on any atom is -0.378 e. The first kappa shape index (κ1) is 11.7. The maximum atomic E-state index is 12.2. The molecule has 0 radical (unpaired) electrons. The third-order valence-electron chi connectivity index (χ3n) is 3.72. The van der Waals surface area contributed by atoms with Crippen LogP contribution in [0.4, 0.5) is 0 Å². The molecule has 2 fully saturated rings. The van der Waals surface area contributed by atoms with E-state index >= 15 is 0 Å². The van der Waals surface area contributed by atoms with Crippen LogP contribution in [0.3, 0.4) is 0 Å². The number of morpholine rings is 1. The van der Waals surface area contributed by atoms with Gasteiger partial charge in [-0.2, -0.15) is 0 Å². The lowest BCUT2D eigenvalue weighted by atomic mass is 10.1. The number of nitrogens with zero attached hydrogens (tertiary/aromatic N) is 1. The molecule has 1 aliphatic carbocycles. The predicted molar refractivity (Wildman–Crippen MR) is 68.5 cm³/mol. The van der Waals surface area contributed by atoms with Crippen LogP contribution in [-0.4, -0.2) is 43.2 Å². The number of carbonyl (C=O) groups excluding carboxylic acids is 1. The van der Waals surface area contributed by atoms with Crippen molar-refractivity contribution < 1.29 is 9.53 Å². The zero-order valence-corrected chi connectivity index (χ0v) is 10.3. The van der Waals surface area contributed by atoms with E-state index in [2.05, 4.69) is 0 Å². The van der Waals surface area contributed by atoms with Gasteiger partial charge in [0.2, 0.25) is 0 Å². The van der Waals surface area contributed by atoms with Crippen molar-refractivity contribution in [1.29, 1.82) is 0 Å². The van der Waals surface area contributed by atoms with Crippen LogP contribution in [0.2, 0.25) is 0 Å². The number of ether oxygens (including phenoxy) is 1. The number of nitrogens with two attached hydrogens (primary N) is 1. The van der Waals surface area contributed by atoms with E-state index in [-0.39, 0.29) is 5.91 Å². The van der Waals surface area contributed by atoms with E-state index in [0.717, 1.165) is 12.0 Å². The summed E-state index contributed by atoms with van der Waals surface area (Å²) < 4.78 is 5.25. The zero-order valence-electron chi connectivity index (χ0n) is 10.3. The van der Waals surface area contributed by atoms with Crippen molar-refractivity contribution in [2.45, 2.75) is 18.4 Å². The summed E-state index contributed by atoms with van der Waals surface area (Å²) in [5.41, 5.74) is 7.83. The van der Waals surface area contributed by atoms with Crippen molar-refractivity contribution in [1.82, 2.24) is 4.90 Å². The Morgan fingerprint density at radius 3 is 2.39 bits per heavy atom. The molecule has 1 aromatic carbocycles. The highest BCUT2D eigenvalue weighted by Gasteiger charge is 2.34. The Morgan fingerprint density at radius 2 is 1.83 bits per heavy atom. The van der Waals surface area contributed by atoms with Gasteiger partial charge in [0, 0.05) is 30.6 Å². The van der Waals surface area contributed by atoms with E-state index in [1.165, 1.54) is 5.56 Å². The Hall–Kier alpha value is -1.39. The van der Waals surface area contributed by atoms with Gasteiger partial charge >= 0.3 is 0 Å². The molecule has 0 spiro atoms. The molecule has 18 heavy (non-hydrogen) atoms. The minimum absolute atomic E-state index is 0.102. The fourth-order valence-electron chi connectivity index (χ4n) is 2.42. The SMILES string of the molecule is NC1CC1c1ccc(C(=O)N2CCOCC2)cc1. The summed E-state index contributed by atoms with van der Waals surface area (Å²) in [6, 6.07) is 8.21. The van der Waals surface area contributed by atoms with Gasteiger partial charge in [-0.3, -0.25) is 4.79 Å². The van der Waals surface area contributed by atoms with Crippen LogP contribution < -0.4 is 5.73 Å². The van der Waals surface area contributed by atoms with E-state index < -0.39 is 0 Å². The maximum absolute atomic E-state index is 12.2. The summed E-state index contributed by atoms with van der Waals surface area (Å²) in [6.45, 7) is 2.66. The van der Waals surface area contributed by atoms with E-state index in [1.807, 2.05) is 29.2 Å². The standard InChI is InChI=1S/C14H18N2O2/c15-13-9-12(13)10-1-3-11(4-2-10)14(17)16-5-7-18-8-6-16/h1-4,12-13H,5-9,15H2. The monoisotopic (exact) mass is 246 g/mol. The fraction of sp³-hybridized carbons (Fsp3) is 0.500. The normalized spacial score (nSPS) is 27.1. The molecule has 3 rings (SSSR count). The van der Waals surface area contributed by atoms with Crippen molar-refractivity contribution in [3.8, 4) is 0 Å². The van der Waals surface area contributed by atoms with Crippen LogP contribution in [-0.2, 0) is 4.74 Å². The van der Waals surface area contributed by atoms with E-state index in [1.54, 1.807) is 0 Å². The maximum Gasteiger partial charge on any atom is 0.254 e. The quantitative estimate of drug-likeness (QED) is 0.846. The third kappa shape index (κ3) is 2.26. The Balaban J connectivity index is 1.69. The summed E-state index contributed by atoms with van der Waals surface area (Å²) in [7, 11) is 0. The van der Waals surface area contributed by atoms with E-state index in [0.29, 0.717) is 38.3 Å². The predicted octanol–water partition coefficient (Wildman–Crippen LogP) is 0.974. The van der Waals surface area contributed by atoms with Crippen LogP contribution >= 0.6 is 0 Å². The van der Waals surface area contributed by atoms with Crippen molar-refractivity contribution in [3.05, 3.63) is 35.4 Å². The molecule has 4 nitrogen and oxygen atoms in total. The second-order valence-corrected chi connectivity index (χ2v) is 5.03. The molecular formula is C14H18N2O2. The first-order valence-electron chi connectivity index (χ1n) is 6.48.